The summed E-state index contributed by atoms with van der Waals surface area (Å²) in [5.74, 6) is -0.301. The molecule has 2 N–H and O–H groups in total. The van der Waals surface area contributed by atoms with Crippen LogP contribution in [0, 0.1) is 23.5 Å². The molecule has 0 radical (unpaired) electrons. The molecular formula is C16H23F2N2O+. The van der Waals surface area contributed by atoms with Gasteiger partial charge in [-0.2, -0.15) is 0 Å². The Kier molecular flexibility index (Phi) is 4.93. The lowest BCUT2D eigenvalue weighted by Gasteiger charge is -2.35. The maximum absolute atomic E-state index is 13.6. The number of hydrogen-bond acceptors (Lipinski definition) is 1. The molecule has 0 saturated carbocycles. The molecule has 1 amide bonds. The number of benzene rings is 1. The van der Waals surface area contributed by atoms with Crippen molar-refractivity contribution in [2.24, 2.45) is 11.8 Å². The van der Waals surface area contributed by atoms with Crippen molar-refractivity contribution < 1.29 is 18.5 Å². The fourth-order valence-corrected chi connectivity index (χ4v) is 3.21. The number of hydrogen-bond donors (Lipinski definition) is 2. The van der Waals surface area contributed by atoms with Crippen LogP contribution >= 0.6 is 0 Å². The van der Waals surface area contributed by atoms with Gasteiger partial charge >= 0.3 is 0 Å². The summed E-state index contributed by atoms with van der Waals surface area (Å²) in [6, 6.07) is 2.79. The molecule has 0 bridgehead atoms. The highest BCUT2D eigenvalue weighted by Gasteiger charge is 2.32. The highest BCUT2D eigenvalue weighted by atomic mass is 19.1. The average Bonchev–Trinajstić information content (AvgIpc) is 2.41. The number of amides is 1. The van der Waals surface area contributed by atoms with Gasteiger partial charge in [0.2, 0.25) is 0 Å². The maximum atomic E-state index is 13.6. The summed E-state index contributed by atoms with van der Waals surface area (Å²) >= 11 is 0. The quantitative estimate of drug-likeness (QED) is 0.877. The van der Waals surface area contributed by atoms with Crippen molar-refractivity contribution in [1.29, 1.82) is 0 Å². The van der Waals surface area contributed by atoms with E-state index >= 15 is 0 Å². The summed E-state index contributed by atoms with van der Waals surface area (Å²) in [4.78, 5) is 13.5. The zero-order chi connectivity index (χ0) is 15.6. The van der Waals surface area contributed by atoms with Gasteiger partial charge in [-0.05, 0) is 25.5 Å². The molecule has 1 heterocycles. The molecule has 1 aromatic carbocycles. The van der Waals surface area contributed by atoms with Gasteiger partial charge in [-0.25, -0.2) is 8.78 Å². The van der Waals surface area contributed by atoms with Crippen LogP contribution in [0.15, 0.2) is 18.2 Å². The highest BCUT2D eigenvalue weighted by molar-refractivity contribution is 5.93. The van der Waals surface area contributed by atoms with Crippen LogP contribution in [-0.2, 0) is 4.79 Å². The van der Waals surface area contributed by atoms with E-state index in [2.05, 4.69) is 19.2 Å². The van der Waals surface area contributed by atoms with E-state index in [1.807, 2.05) is 6.92 Å². The van der Waals surface area contributed by atoms with Crippen molar-refractivity contribution in [1.82, 2.24) is 0 Å². The third-order valence-corrected chi connectivity index (χ3v) is 4.22. The average molecular weight is 297 g/mol. The van der Waals surface area contributed by atoms with Gasteiger partial charge < -0.3 is 10.2 Å². The Labute approximate surface area is 124 Å². The molecule has 3 nitrogen and oxygen atoms in total. The zero-order valence-corrected chi connectivity index (χ0v) is 12.7. The minimum absolute atomic E-state index is 0.0932. The van der Waals surface area contributed by atoms with Crippen molar-refractivity contribution in [3.63, 3.8) is 0 Å². The molecule has 2 rings (SSSR count). The van der Waals surface area contributed by atoms with Crippen LogP contribution in [0.5, 0.6) is 0 Å². The predicted octanol–water partition coefficient (Wildman–Crippen LogP) is 1.85. The van der Waals surface area contributed by atoms with E-state index < -0.39 is 11.6 Å². The third-order valence-electron chi connectivity index (χ3n) is 4.22. The minimum Gasteiger partial charge on any atom is -0.324 e. The Morgan fingerprint density at radius 3 is 2.52 bits per heavy atom. The summed E-state index contributed by atoms with van der Waals surface area (Å²) in [6.07, 6.45) is 1.18. The summed E-state index contributed by atoms with van der Waals surface area (Å²) in [7, 11) is 0. The van der Waals surface area contributed by atoms with Crippen molar-refractivity contribution in [3.8, 4) is 0 Å². The van der Waals surface area contributed by atoms with Crippen LogP contribution in [-0.4, -0.2) is 25.0 Å². The first-order chi connectivity index (χ1) is 9.86. The van der Waals surface area contributed by atoms with E-state index in [-0.39, 0.29) is 17.6 Å². The molecule has 21 heavy (non-hydrogen) atoms. The lowest BCUT2D eigenvalue weighted by atomic mass is 9.91. The number of halogens is 2. The van der Waals surface area contributed by atoms with Gasteiger partial charge in [0.15, 0.2) is 6.04 Å². The molecule has 1 aliphatic rings. The second-order valence-electron chi connectivity index (χ2n) is 6.35. The van der Waals surface area contributed by atoms with Crippen molar-refractivity contribution in [3.05, 3.63) is 29.8 Å². The van der Waals surface area contributed by atoms with Crippen LogP contribution in [0.4, 0.5) is 14.5 Å². The van der Waals surface area contributed by atoms with Crippen LogP contribution in [0.2, 0.25) is 0 Å². The molecule has 3 atom stereocenters. The summed E-state index contributed by atoms with van der Waals surface area (Å²) in [6.45, 7) is 8.08. The van der Waals surface area contributed by atoms with Crippen LogP contribution in [0.3, 0.4) is 0 Å². The van der Waals surface area contributed by atoms with Gasteiger partial charge in [0, 0.05) is 17.9 Å². The number of piperidine rings is 1. The Bertz CT molecular complexity index is 511. The van der Waals surface area contributed by atoms with Crippen molar-refractivity contribution in [2.75, 3.05) is 18.4 Å². The largest absolute Gasteiger partial charge is 0.324 e. The molecule has 1 fully saturated rings. The highest BCUT2D eigenvalue weighted by Crippen LogP contribution is 2.16. The minimum atomic E-state index is -0.618. The second kappa shape index (κ2) is 6.52. The van der Waals surface area contributed by atoms with Gasteiger partial charge in [-0.15, -0.1) is 0 Å². The van der Waals surface area contributed by atoms with Crippen molar-refractivity contribution >= 4 is 11.6 Å². The summed E-state index contributed by atoms with van der Waals surface area (Å²) < 4.78 is 26.7. The van der Waals surface area contributed by atoms with Gasteiger partial charge in [0.05, 0.1) is 18.8 Å². The molecule has 1 saturated heterocycles. The lowest BCUT2D eigenvalue weighted by Crippen LogP contribution is -3.18. The first-order valence-electron chi connectivity index (χ1n) is 7.47. The molecule has 1 aliphatic heterocycles. The number of rotatable bonds is 3. The van der Waals surface area contributed by atoms with Gasteiger partial charge in [0.25, 0.3) is 5.91 Å². The molecule has 1 aromatic rings. The number of anilines is 1. The topological polar surface area (TPSA) is 33.5 Å². The molecule has 0 aliphatic carbocycles. The zero-order valence-electron chi connectivity index (χ0n) is 12.7. The standard InChI is InChI=1S/C16H22F2N2O/c1-10-6-11(2)9-20(8-10)12(3)16(21)19-15-7-13(17)4-5-14(15)18/h4-5,7,10-12H,6,8-9H2,1-3H3,(H,19,21)/p+1/t10-,11-,12-/m0/s1. The van der Waals surface area contributed by atoms with E-state index in [4.69, 9.17) is 0 Å². The predicted molar refractivity (Wildman–Crippen MR) is 78.1 cm³/mol. The van der Waals surface area contributed by atoms with Crippen LogP contribution in [0.1, 0.15) is 27.2 Å². The summed E-state index contributed by atoms with van der Waals surface area (Å²) in [5, 5.41) is 2.50. The smallest absolute Gasteiger partial charge is 0.282 e. The fourth-order valence-electron chi connectivity index (χ4n) is 3.21. The first-order valence-corrected chi connectivity index (χ1v) is 7.47. The maximum Gasteiger partial charge on any atom is 0.282 e. The second-order valence-corrected chi connectivity index (χ2v) is 6.35. The SMILES string of the molecule is C[C@H]1C[C@H](C)C[NH+]([C@@H](C)C(=O)Nc2cc(F)ccc2F)C1. The van der Waals surface area contributed by atoms with Crippen LogP contribution < -0.4 is 10.2 Å². The van der Waals surface area contributed by atoms with E-state index in [0.717, 1.165) is 31.3 Å². The molecule has 5 heteroatoms. The molecule has 0 unspecified atom stereocenters. The van der Waals surface area contributed by atoms with E-state index in [1.165, 1.54) is 11.3 Å². The Morgan fingerprint density at radius 1 is 1.29 bits per heavy atom. The number of likely N-dealkylation sites (tertiary alicyclic amines) is 1. The Morgan fingerprint density at radius 2 is 1.90 bits per heavy atom. The molecule has 0 spiro atoms. The fraction of sp³-hybridized carbons (Fsp3) is 0.562. The number of quaternary nitrogens is 1. The van der Waals surface area contributed by atoms with E-state index in [0.29, 0.717) is 11.8 Å². The molecular weight excluding hydrogens is 274 g/mol. The van der Waals surface area contributed by atoms with E-state index in [1.54, 1.807) is 0 Å². The van der Waals surface area contributed by atoms with Gasteiger partial charge in [-0.1, -0.05) is 13.8 Å². The molecule has 116 valence electrons. The van der Waals surface area contributed by atoms with Gasteiger partial charge in [-0.3, -0.25) is 4.79 Å². The monoisotopic (exact) mass is 297 g/mol. The molecule has 0 aromatic heterocycles. The van der Waals surface area contributed by atoms with Crippen LogP contribution in [0.25, 0.3) is 0 Å². The third kappa shape index (κ3) is 4.00. The van der Waals surface area contributed by atoms with Crippen molar-refractivity contribution in [2.45, 2.75) is 33.2 Å². The lowest BCUT2D eigenvalue weighted by molar-refractivity contribution is -0.925. The Hall–Kier alpha value is -1.49. The normalized spacial score (nSPS) is 27.2. The number of carbonyl (C=O) groups is 1. The number of carbonyl (C=O) groups excluding carboxylic acids is 1. The first kappa shape index (κ1) is 15.9. The van der Waals surface area contributed by atoms with Gasteiger partial charge in [0.1, 0.15) is 11.6 Å². The van der Waals surface area contributed by atoms with E-state index in [9.17, 15) is 13.6 Å². The summed E-state index contributed by atoms with van der Waals surface area (Å²) in [5.41, 5.74) is -0.0932. The number of nitrogens with one attached hydrogen (secondary N) is 2. The Balaban J connectivity index is 2.04.